The van der Waals surface area contributed by atoms with Crippen LogP contribution in [-0.4, -0.2) is 83.6 Å². The maximum atomic E-state index is 13.8. The molecule has 2 saturated heterocycles. The first-order valence-electron chi connectivity index (χ1n) is 13.1. The SMILES string of the molecule is CN1CCN(c2ccnc(C(C)(C)C(=C(C#N)C(=O)N3CCCCC3)N3CNc4cnccc43)n2)CC1. The summed E-state index contributed by atoms with van der Waals surface area (Å²) in [7, 11) is 2.13. The molecule has 0 spiro atoms. The molecule has 3 aliphatic rings. The smallest absolute Gasteiger partial charge is 0.266 e. The van der Waals surface area contributed by atoms with Crippen molar-refractivity contribution in [2.45, 2.75) is 38.5 Å². The lowest BCUT2D eigenvalue weighted by atomic mass is 9.83. The van der Waals surface area contributed by atoms with Gasteiger partial charge in [0.2, 0.25) is 0 Å². The lowest BCUT2D eigenvalue weighted by Crippen LogP contribution is -2.45. The van der Waals surface area contributed by atoms with E-state index in [1.165, 1.54) is 0 Å². The molecule has 5 heterocycles. The Morgan fingerprint density at radius 1 is 1.05 bits per heavy atom. The van der Waals surface area contributed by atoms with Crippen LogP contribution in [0.15, 0.2) is 42.0 Å². The number of carbonyl (C=O) groups excluding carboxylic acids is 1. The molecule has 10 nitrogen and oxygen atoms in total. The van der Waals surface area contributed by atoms with Crippen molar-refractivity contribution in [3.05, 3.63) is 47.8 Å². The van der Waals surface area contributed by atoms with E-state index in [9.17, 15) is 10.1 Å². The van der Waals surface area contributed by atoms with Gasteiger partial charge in [-0.2, -0.15) is 5.26 Å². The largest absolute Gasteiger partial charge is 0.364 e. The van der Waals surface area contributed by atoms with Gasteiger partial charge >= 0.3 is 0 Å². The summed E-state index contributed by atoms with van der Waals surface area (Å²) in [5, 5.41) is 13.8. The van der Waals surface area contributed by atoms with E-state index in [1.807, 2.05) is 35.8 Å². The summed E-state index contributed by atoms with van der Waals surface area (Å²) < 4.78 is 0. The molecule has 37 heavy (non-hydrogen) atoms. The average molecular weight is 502 g/mol. The van der Waals surface area contributed by atoms with Gasteiger partial charge in [-0.1, -0.05) is 0 Å². The van der Waals surface area contributed by atoms with Gasteiger partial charge in [0.25, 0.3) is 5.91 Å². The van der Waals surface area contributed by atoms with Crippen LogP contribution >= 0.6 is 0 Å². The fourth-order valence-corrected chi connectivity index (χ4v) is 5.42. The van der Waals surface area contributed by atoms with Crippen molar-refractivity contribution < 1.29 is 4.79 Å². The molecule has 0 aliphatic carbocycles. The number of piperazine rings is 1. The van der Waals surface area contributed by atoms with Crippen LogP contribution in [0.3, 0.4) is 0 Å². The van der Waals surface area contributed by atoms with E-state index in [2.05, 4.69) is 38.2 Å². The minimum absolute atomic E-state index is 0.145. The molecule has 5 rings (SSSR count). The quantitative estimate of drug-likeness (QED) is 0.489. The van der Waals surface area contributed by atoms with Crippen molar-refractivity contribution in [1.82, 2.24) is 24.8 Å². The highest BCUT2D eigenvalue weighted by Crippen LogP contribution is 2.42. The minimum atomic E-state index is -0.828. The van der Waals surface area contributed by atoms with Gasteiger partial charge in [0.15, 0.2) is 0 Å². The fraction of sp³-hybridized carbons (Fsp3) is 0.519. The van der Waals surface area contributed by atoms with Gasteiger partial charge in [-0.25, -0.2) is 9.97 Å². The number of piperidine rings is 1. The van der Waals surface area contributed by atoms with E-state index in [1.54, 1.807) is 18.6 Å². The highest BCUT2D eigenvalue weighted by atomic mass is 16.2. The Labute approximate surface area is 218 Å². The third-order valence-corrected chi connectivity index (χ3v) is 7.61. The Morgan fingerprint density at radius 3 is 2.54 bits per heavy atom. The Kier molecular flexibility index (Phi) is 6.98. The number of aromatic nitrogens is 3. The summed E-state index contributed by atoms with van der Waals surface area (Å²) in [6, 6.07) is 6.15. The molecule has 10 heteroatoms. The maximum absolute atomic E-state index is 13.8. The highest BCUT2D eigenvalue weighted by molar-refractivity contribution is 5.99. The summed E-state index contributed by atoms with van der Waals surface area (Å²) >= 11 is 0. The van der Waals surface area contributed by atoms with Crippen LogP contribution in [0, 0.1) is 11.3 Å². The van der Waals surface area contributed by atoms with E-state index in [0.29, 0.717) is 31.3 Å². The van der Waals surface area contributed by atoms with Crippen molar-refractivity contribution in [3.8, 4) is 6.07 Å². The van der Waals surface area contributed by atoms with Crippen molar-refractivity contribution in [3.63, 3.8) is 0 Å². The summed E-state index contributed by atoms with van der Waals surface area (Å²) in [6.45, 7) is 9.51. The van der Waals surface area contributed by atoms with E-state index >= 15 is 0 Å². The van der Waals surface area contributed by atoms with E-state index in [0.717, 1.165) is 62.6 Å². The fourth-order valence-electron chi connectivity index (χ4n) is 5.42. The molecule has 0 radical (unpaired) electrons. The van der Waals surface area contributed by atoms with Gasteiger partial charge in [0, 0.05) is 51.7 Å². The second-order valence-corrected chi connectivity index (χ2v) is 10.5. The van der Waals surface area contributed by atoms with Gasteiger partial charge in [0.05, 0.1) is 35.4 Å². The van der Waals surface area contributed by atoms with Crippen LogP contribution in [0.25, 0.3) is 0 Å². The Morgan fingerprint density at radius 2 is 1.81 bits per heavy atom. The topological polar surface area (TPSA) is 105 Å². The number of amides is 1. The first kappa shape index (κ1) is 25.0. The highest BCUT2D eigenvalue weighted by Gasteiger charge is 2.41. The van der Waals surface area contributed by atoms with E-state index in [4.69, 9.17) is 4.98 Å². The zero-order valence-electron chi connectivity index (χ0n) is 21.9. The predicted octanol–water partition coefficient (Wildman–Crippen LogP) is 2.58. The van der Waals surface area contributed by atoms with Crippen LogP contribution < -0.4 is 15.1 Å². The molecule has 2 aromatic rings. The molecular weight excluding hydrogens is 466 g/mol. The monoisotopic (exact) mass is 501 g/mol. The van der Waals surface area contributed by atoms with Crippen molar-refractivity contribution in [1.29, 1.82) is 5.26 Å². The number of hydrogen-bond acceptors (Lipinski definition) is 9. The number of nitrogens with zero attached hydrogens (tertiary/aromatic N) is 8. The summed E-state index contributed by atoms with van der Waals surface area (Å²) in [4.78, 5) is 36.1. The van der Waals surface area contributed by atoms with Crippen LogP contribution in [0.2, 0.25) is 0 Å². The third kappa shape index (κ3) is 4.83. The minimum Gasteiger partial charge on any atom is -0.364 e. The number of hydrogen-bond donors (Lipinski definition) is 1. The third-order valence-electron chi connectivity index (χ3n) is 7.61. The molecule has 194 valence electrons. The Hall–Kier alpha value is -3.71. The lowest BCUT2D eigenvalue weighted by molar-refractivity contribution is -0.127. The number of carbonyl (C=O) groups is 1. The van der Waals surface area contributed by atoms with Crippen molar-refractivity contribution in [2.75, 3.05) is 68.1 Å². The standard InChI is InChI=1S/C27H35N9O/c1-27(2,26-30-10-8-23(32-26)34-15-13-33(3)14-16-34)24(36-19-31-21-18-29-9-7-22(21)36)20(17-28)25(37)35-11-5-4-6-12-35/h7-10,18,31H,4-6,11-16,19H2,1-3H3. The molecule has 1 N–H and O–H groups in total. The normalized spacial score (nSPS) is 19.1. The number of anilines is 3. The Balaban J connectivity index is 1.60. The molecule has 3 aliphatic heterocycles. The predicted molar refractivity (Wildman–Crippen MR) is 143 cm³/mol. The van der Waals surface area contributed by atoms with Crippen LogP contribution in [-0.2, 0) is 10.2 Å². The first-order chi connectivity index (χ1) is 17.9. The number of fused-ring (bicyclic) bond motifs is 1. The van der Waals surface area contributed by atoms with Crippen molar-refractivity contribution in [2.24, 2.45) is 0 Å². The number of rotatable bonds is 5. The maximum Gasteiger partial charge on any atom is 0.266 e. The van der Waals surface area contributed by atoms with Crippen LogP contribution in [0.1, 0.15) is 38.9 Å². The molecule has 2 aromatic heterocycles. The summed E-state index contributed by atoms with van der Waals surface area (Å²) in [6.07, 6.45) is 8.30. The molecule has 0 aromatic carbocycles. The molecule has 0 atom stereocenters. The van der Waals surface area contributed by atoms with Crippen molar-refractivity contribution >= 4 is 23.1 Å². The zero-order chi connectivity index (χ0) is 26.0. The lowest BCUT2D eigenvalue weighted by Gasteiger charge is -2.37. The second kappa shape index (κ2) is 10.3. The first-order valence-corrected chi connectivity index (χ1v) is 13.1. The number of nitriles is 1. The second-order valence-electron chi connectivity index (χ2n) is 10.5. The summed E-state index contributed by atoms with van der Waals surface area (Å²) in [5.41, 5.74) is 1.68. The zero-order valence-corrected chi connectivity index (χ0v) is 21.9. The van der Waals surface area contributed by atoms with E-state index < -0.39 is 5.41 Å². The molecular formula is C27H35N9O. The number of pyridine rings is 1. The summed E-state index contributed by atoms with van der Waals surface area (Å²) in [5.74, 6) is 1.24. The Bertz CT molecular complexity index is 1220. The molecule has 0 bridgehead atoms. The van der Waals surface area contributed by atoms with Gasteiger partial charge in [0.1, 0.15) is 23.3 Å². The van der Waals surface area contributed by atoms with Gasteiger partial charge in [-0.05, 0) is 52.3 Å². The van der Waals surface area contributed by atoms with Crippen LogP contribution in [0.5, 0.6) is 0 Å². The van der Waals surface area contributed by atoms with Gasteiger partial charge < -0.3 is 24.9 Å². The van der Waals surface area contributed by atoms with E-state index in [-0.39, 0.29) is 11.5 Å². The molecule has 0 unspecified atom stereocenters. The number of nitrogens with one attached hydrogen (secondary N) is 1. The molecule has 1 amide bonds. The number of likely N-dealkylation sites (N-methyl/N-ethyl adjacent to an activating group) is 1. The van der Waals surface area contributed by atoms with Gasteiger partial charge in [-0.15, -0.1) is 0 Å². The van der Waals surface area contributed by atoms with Crippen LogP contribution in [0.4, 0.5) is 17.2 Å². The average Bonchev–Trinajstić information content (AvgIpc) is 3.35. The van der Waals surface area contributed by atoms with Gasteiger partial charge in [-0.3, -0.25) is 9.78 Å². The number of likely N-dealkylation sites (tertiary alicyclic amines) is 1. The molecule has 0 saturated carbocycles. The molecule has 2 fully saturated rings. The number of allylic oxidation sites excluding steroid dienone is 1.